The molecule has 0 aliphatic carbocycles. The van der Waals surface area contributed by atoms with Crippen molar-refractivity contribution in [2.45, 2.75) is 26.8 Å². The van der Waals surface area contributed by atoms with Crippen molar-refractivity contribution in [3.63, 3.8) is 0 Å². The summed E-state index contributed by atoms with van der Waals surface area (Å²) in [5.74, 6) is 2.27. The molecule has 4 nitrogen and oxygen atoms in total. The number of aryl methyl sites for hydroxylation is 2. The molecule has 1 N–H and O–H groups in total. The Morgan fingerprint density at radius 3 is 2.76 bits per heavy atom. The van der Waals surface area contributed by atoms with E-state index < -0.39 is 0 Å². The normalized spacial score (nSPS) is 12.5. The fourth-order valence-corrected chi connectivity index (χ4v) is 1.83. The predicted molar refractivity (Wildman–Crippen MR) is 70.0 cm³/mol. The van der Waals surface area contributed by atoms with Crippen molar-refractivity contribution in [1.29, 1.82) is 0 Å². The highest BCUT2D eigenvalue weighted by molar-refractivity contribution is 9.10. The first-order valence-corrected chi connectivity index (χ1v) is 6.17. The number of hydrogen-bond acceptors (Lipinski definition) is 4. The molecule has 2 heterocycles. The maximum absolute atomic E-state index is 5.47. The van der Waals surface area contributed by atoms with Crippen molar-refractivity contribution in [1.82, 2.24) is 9.97 Å². The summed E-state index contributed by atoms with van der Waals surface area (Å²) in [4.78, 5) is 8.48. The number of aromatic nitrogens is 2. The number of hydrogen-bond donors (Lipinski definition) is 1. The Morgan fingerprint density at radius 2 is 2.12 bits per heavy atom. The van der Waals surface area contributed by atoms with Gasteiger partial charge >= 0.3 is 0 Å². The van der Waals surface area contributed by atoms with Gasteiger partial charge < -0.3 is 9.73 Å². The van der Waals surface area contributed by atoms with Crippen LogP contribution in [-0.2, 0) is 0 Å². The number of nitrogens with one attached hydrogen (secondary N) is 1. The Morgan fingerprint density at radius 1 is 1.35 bits per heavy atom. The van der Waals surface area contributed by atoms with Gasteiger partial charge in [0.25, 0.3) is 0 Å². The van der Waals surface area contributed by atoms with Crippen LogP contribution >= 0.6 is 15.9 Å². The zero-order valence-corrected chi connectivity index (χ0v) is 11.6. The molecule has 0 aromatic carbocycles. The van der Waals surface area contributed by atoms with Crippen molar-refractivity contribution < 1.29 is 4.42 Å². The van der Waals surface area contributed by atoms with E-state index in [-0.39, 0.29) is 6.04 Å². The fraction of sp³-hybridized carbons (Fsp3) is 0.333. The van der Waals surface area contributed by atoms with Crippen LogP contribution in [-0.4, -0.2) is 9.97 Å². The van der Waals surface area contributed by atoms with Crippen molar-refractivity contribution in [2.24, 2.45) is 0 Å². The Balaban J connectivity index is 2.18. The number of pyridine rings is 1. The molecule has 0 aliphatic heterocycles. The highest BCUT2D eigenvalue weighted by Gasteiger charge is 2.13. The van der Waals surface area contributed by atoms with Crippen LogP contribution in [0.1, 0.15) is 30.2 Å². The molecule has 0 saturated heterocycles. The molecule has 1 atom stereocenters. The summed E-state index contributed by atoms with van der Waals surface area (Å²) in [6, 6.07) is 1.93. The van der Waals surface area contributed by atoms with Crippen LogP contribution in [0.4, 0.5) is 5.82 Å². The van der Waals surface area contributed by atoms with Gasteiger partial charge in [-0.05, 0) is 48.3 Å². The third-order valence-electron chi connectivity index (χ3n) is 2.45. The lowest BCUT2D eigenvalue weighted by atomic mass is 10.3. The van der Waals surface area contributed by atoms with E-state index in [4.69, 9.17) is 4.42 Å². The van der Waals surface area contributed by atoms with Gasteiger partial charge in [0.1, 0.15) is 17.6 Å². The smallest absolute Gasteiger partial charge is 0.216 e. The molecular weight excluding hydrogens is 282 g/mol. The van der Waals surface area contributed by atoms with Gasteiger partial charge in [-0.1, -0.05) is 0 Å². The Kier molecular flexibility index (Phi) is 3.47. The van der Waals surface area contributed by atoms with Crippen LogP contribution in [0.15, 0.2) is 27.3 Å². The van der Waals surface area contributed by atoms with E-state index in [1.54, 1.807) is 12.4 Å². The molecule has 0 spiro atoms. The Hall–Kier alpha value is -1.36. The summed E-state index contributed by atoms with van der Waals surface area (Å²) in [5, 5.41) is 3.27. The number of rotatable bonds is 3. The molecule has 2 rings (SSSR count). The van der Waals surface area contributed by atoms with E-state index in [0.717, 1.165) is 21.6 Å². The molecule has 90 valence electrons. The highest BCUT2D eigenvalue weighted by Crippen LogP contribution is 2.26. The minimum absolute atomic E-state index is 0.0192. The molecule has 1 unspecified atom stereocenters. The van der Waals surface area contributed by atoms with Crippen LogP contribution in [0.3, 0.4) is 0 Å². The quantitative estimate of drug-likeness (QED) is 0.939. The van der Waals surface area contributed by atoms with Crippen LogP contribution < -0.4 is 5.32 Å². The van der Waals surface area contributed by atoms with E-state index >= 15 is 0 Å². The van der Waals surface area contributed by atoms with E-state index in [1.807, 2.05) is 26.8 Å². The zero-order chi connectivity index (χ0) is 12.4. The Bertz CT molecular complexity index is 524. The number of anilines is 1. The van der Waals surface area contributed by atoms with Gasteiger partial charge in [0.15, 0.2) is 0 Å². The summed E-state index contributed by atoms with van der Waals surface area (Å²) in [7, 11) is 0. The summed E-state index contributed by atoms with van der Waals surface area (Å²) < 4.78 is 6.44. The van der Waals surface area contributed by atoms with E-state index in [9.17, 15) is 0 Å². The number of halogens is 1. The third-order valence-corrected chi connectivity index (χ3v) is 3.45. The van der Waals surface area contributed by atoms with Crippen LogP contribution in [0, 0.1) is 13.8 Å². The molecule has 0 saturated carbocycles. The zero-order valence-electron chi connectivity index (χ0n) is 9.99. The van der Waals surface area contributed by atoms with Gasteiger partial charge in [-0.3, -0.25) is 0 Å². The lowest BCUT2D eigenvalue weighted by Crippen LogP contribution is -2.09. The van der Waals surface area contributed by atoms with Gasteiger partial charge in [-0.15, -0.1) is 0 Å². The molecular formula is C12H14BrN3O. The van der Waals surface area contributed by atoms with Gasteiger partial charge in [0, 0.05) is 6.20 Å². The first kappa shape index (κ1) is 12.1. The monoisotopic (exact) mass is 295 g/mol. The number of nitrogens with zero attached hydrogens (tertiary/aromatic N) is 2. The molecule has 2 aromatic rings. The van der Waals surface area contributed by atoms with Crippen LogP contribution in [0.2, 0.25) is 0 Å². The molecule has 0 bridgehead atoms. The third kappa shape index (κ3) is 2.66. The number of oxazole rings is 1. The second kappa shape index (κ2) is 4.87. The first-order chi connectivity index (χ1) is 8.08. The molecule has 5 heteroatoms. The predicted octanol–water partition coefficient (Wildman–Crippen LogP) is 3.62. The van der Waals surface area contributed by atoms with Gasteiger partial charge in [0.2, 0.25) is 5.89 Å². The average Bonchev–Trinajstić information content (AvgIpc) is 2.72. The van der Waals surface area contributed by atoms with E-state index in [1.165, 1.54) is 0 Å². The van der Waals surface area contributed by atoms with Gasteiger partial charge in [0.05, 0.1) is 10.7 Å². The summed E-state index contributed by atoms with van der Waals surface area (Å²) in [5.41, 5.74) is 1.14. The summed E-state index contributed by atoms with van der Waals surface area (Å²) >= 11 is 3.51. The van der Waals surface area contributed by atoms with E-state index in [0.29, 0.717) is 5.89 Å². The lowest BCUT2D eigenvalue weighted by molar-refractivity contribution is 0.453. The standard InChI is InChI=1S/C12H14BrN3O/c1-7-4-5-14-11(10(7)13)16-9(3)12-15-6-8(2)17-12/h4-6,9H,1-3H3,(H,14,16). The molecule has 0 amide bonds. The second-order valence-corrected chi connectivity index (χ2v) is 4.76. The highest BCUT2D eigenvalue weighted by atomic mass is 79.9. The topological polar surface area (TPSA) is 51.0 Å². The fourth-order valence-electron chi connectivity index (χ4n) is 1.48. The molecule has 0 fully saturated rings. The minimum atomic E-state index is -0.0192. The molecule has 17 heavy (non-hydrogen) atoms. The second-order valence-electron chi connectivity index (χ2n) is 3.97. The lowest BCUT2D eigenvalue weighted by Gasteiger charge is -2.13. The average molecular weight is 296 g/mol. The Labute approximate surface area is 109 Å². The minimum Gasteiger partial charge on any atom is -0.444 e. The summed E-state index contributed by atoms with van der Waals surface area (Å²) in [6.07, 6.45) is 3.49. The molecule has 0 radical (unpaired) electrons. The molecule has 2 aromatic heterocycles. The van der Waals surface area contributed by atoms with Crippen molar-refractivity contribution in [3.05, 3.63) is 40.1 Å². The van der Waals surface area contributed by atoms with Crippen LogP contribution in [0.25, 0.3) is 0 Å². The first-order valence-electron chi connectivity index (χ1n) is 5.38. The van der Waals surface area contributed by atoms with E-state index in [2.05, 4.69) is 31.2 Å². The van der Waals surface area contributed by atoms with Crippen molar-refractivity contribution in [2.75, 3.05) is 5.32 Å². The van der Waals surface area contributed by atoms with Crippen molar-refractivity contribution >= 4 is 21.7 Å². The SMILES string of the molecule is Cc1cnc(C(C)Nc2nccc(C)c2Br)o1. The van der Waals surface area contributed by atoms with Crippen LogP contribution in [0.5, 0.6) is 0 Å². The summed E-state index contributed by atoms with van der Waals surface area (Å²) in [6.45, 7) is 5.89. The van der Waals surface area contributed by atoms with Gasteiger partial charge in [-0.25, -0.2) is 9.97 Å². The maximum Gasteiger partial charge on any atom is 0.216 e. The van der Waals surface area contributed by atoms with Crippen molar-refractivity contribution in [3.8, 4) is 0 Å². The molecule has 0 aliphatic rings. The largest absolute Gasteiger partial charge is 0.444 e. The van der Waals surface area contributed by atoms with Gasteiger partial charge in [-0.2, -0.15) is 0 Å². The maximum atomic E-state index is 5.47.